The fourth-order valence-corrected chi connectivity index (χ4v) is 1.81. The maximum atomic E-state index is 9.27. The summed E-state index contributed by atoms with van der Waals surface area (Å²) in [4.78, 5) is 0. The molecule has 1 atom stereocenters. The largest absolute Gasteiger partial charge is 0.395 e. The van der Waals surface area contributed by atoms with Crippen molar-refractivity contribution in [3.05, 3.63) is 35.9 Å². The zero-order valence-electron chi connectivity index (χ0n) is 8.82. The van der Waals surface area contributed by atoms with Gasteiger partial charge in [0, 0.05) is 25.2 Å². The molecule has 0 saturated carbocycles. The van der Waals surface area contributed by atoms with Gasteiger partial charge in [0.1, 0.15) is 0 Å². The fraction of sp³-hybridized carbons (Fsp3) is 0.500. The molecular weight excluding hydrogens is 188 g/mol. The molecule has 1 unspecified atom stereocenters. The Morgan fingerprint density at radius 1 is 1.33 bits per heavy atom. The molecule has 3 N–H and O–H groups in total. The summed E-state index contributed by atoms with van der Waals surface area (Å²) in [5.41, 5.74) is 1.27. The lowest BCUT2D eigenvalue weighted by Crippen LogP contribution is -2.59. The molecule has 0 bridgehead atoms. The fourth-order valence-electron chi connectivity index (χ4n) is 1.81. The minimum absolute atomic E-state index is 0.180. The highest BCUT2D eigenvalue weighted by Gasteiger charge is 2.20. The van der Waals surface area contributed by atoms with E-state index in [2.05, 4.69) is 22.8 Å². The zero-order chi connectivity index (χ0) is 10.5. The van der Waals surface area contributed by atoms with Gasteiger partial charge in [0.05, 0.1) is 6.61 Å². The standard InChI is InChI=1S/C12H18N2O/c15-9-11(14-12-7-13-8-12)6-10-4-2-1-3-5-10/h1-5,11-15H,6-9H2. The maximum Gasteiger partial charge on any atom is 0.0587 e. The van der Waals surface area contributed by atoms with Gasteiger partial charge in [-0.15, -0.1) is 0 Å². The highest BCUT2D eigenvalue weighted by atomic mass is 16.3. The van der Waals surface area contributed by atoms with E-state index in [1.54, 1.807) is 0 Å². The Bertz CT molecular complexity index is 285. The van der Waals surface area contributed by atoms with Gasteiger partial charge >= 0.3 is 0 Å². The van der Waals surface area contributed by atoms with E-state index in [0.717, 1.165) is 19.5 Å². The van der Waals surface area contributed by atoms with Crippen LogP contribution >= 0.6 is 0 Å². The van der Waals surface area contributed by atoms with Gasteiger partial charge < -0.3 is 15.7 Å². The number of hydrogen-bond acceptors (Lipinski definition) is 3. The molecule has 0 amide bonds. The average Bonchev–Trinajstić information content (AvgIpc) is 2.23. The third kappa shape index (κ3) is 3.02. The second kappa shape index (κ2) is 5.26. The second-order valence-corrected chi connectivity index (χ2v) is 4.09. The van der Waals surface area contributed by atoms with E-state index in [4.69, 9.17) is 0 Å². The van der Waals surface area contributed by atoms with Gasteiger partial charge in [-0.3, -0.25) is 0 Å². The van der Waals surface area contributed by atoms with Crippen LogP contribution in [0, 0.1) is 0 Å². The Kier molecular flexibility index (Phi) is 3.72. The van der Waals surface area contributed by atoms with E-state index < -0.39 is 0 Å². The van der Waals surface area contributed by atoms with E-state index >= 15 is 0 Å². The van der Waals surface area contributed by atoms with Crippen LogP contribution in [0.3, 0.4) is 0 Å². The van der Waals surface area contributed by atoms with E-state index in [1.807, 2.05) is 18.2 Å². The molecule has 0 aromatic heterocycles. The Morgan fingerprint density at radius 2 is 2.07 bits per heavy atom. The molecule has 0 aliphatic carbocycles. The average molecular weight is 206 g/mol. The molecule has 1 aliphatic rings. The molecule has 0 radical (unpaired) electrons. The lowest BCUT2D eigenvalue weighted by atomic mass is 10.0. The van der Waals surface area contributed by atoms with Crippen LogP contribution < -0.4 is 10.6 Å². The minimum Gasteiger partial charge on any atom is -0.395 e. The monoisotopic (exact) mass is 206 g/mol. The SMILES string of the molecule is OCC(Cc1ccccc1)NC1CNC1. The van der Waals surface area contributed by atoms with E-state index in [1.165, 1.54) is 5.56 Å². The molecule has 1 aliphatic heterocycles. The summed E-state index contributed by atoms with van der Waals surface area (Å²) >= 11 is 0. The third-order valence-corrected chi connectivity index (χ3v) is 2.80. The molecule has 1 aromatic carbocycles. The summed E-state index contributed by atoms with van der Waals surface area (Å²) in [5, 5.41) is 15.9. The summed E-state index contributed by atoms with van der Waals surface area (Å²) in [6.07, 6.45) is 0.897. The van der Waals surface area contributed by atoms with Crippen molar-refractivity contribution in [2.24, 2.45) is 0 Å². The number of benzene rings is 1. The number of rotatable bonds is 5. The topological polar surface area (TPSA) is 44.3 Å². The third-order valence-electron chi connectivity index (χ3n) is 2.80. The van der Waals surface area contributed by atoms with Crippen LogP contribution in [0.2, 0.25) is 0 Å². The van der Waals surface area contributed by atoms with Gasteiger partial charge in [-0.2, -0.15) is 0 Å². The zero-order valence-corrected chi connectivity index (χ0v) is 8.82. The molecule has 82 valence electrons. The van der Waals surface area contributed by atoms with Crippen LogP contribution in [0.5, 0.6) is 0 Å². The molecule has 15 heavy (non-hydrogen) atoms. The molecule has 3 heteroatoms. The van der Waals surface area contributed by atoms with Crippen LogP contribution in [0.15, 0.2) is 30.3 Å². The van der Waals surface area contributed by atoms with Gasteiger partial charge in [0.15, 0.2) is 0 Å². The Hall–Kier alpha value is -0.900. The van der Waals surface area contributed by atoms with Crippen LogP contribution in [-0.2, 0) is 6.42 Å². The van der Waals surface area contributed by atoms with Gasteiger partial charge in [0.2, 0.25) is 0 Å². The maximum absolute atomic E-state index is 9.27. The van der Waals surface area contributed by atoms with Crippen LogP contribution in [0.1, 0.15) is 5.56 Å². The van der Waals surface area contributed by atoms with E-state index in [9.17, 15) is 5.11 Å². The molecule has 1 heterocycles. The predicted octanol–water partition coefficient (Wildman–Crippen LogP) is 0.151. The first-order valence-electron chi connectivity index (χ1n) is 5.50. The van der Waals surface area contributed by atoms with Crippen molar-refractivity contribution in [3.63, 3.8) is 0 Å². The highest BCUT2D eigenvalue weighted by Crippen LogP contribution is 2.04. The first-order valence-corrected chi connectivity index (χ1v) is 5.50. The van der Waals surface area contributed by atoms with Crippen molar-refractivity contribution in [1.82, 2.24) is 10.6 Å². The van der Waals surface area contributed by atoms with Gasteiger partial charge in [0.25, 0.3) is 0 Å². The lowest BCUT2D eigenvalue weighted by molar-refractivity contribution is 0.214. The van der Waals surface area contributed by atoms with Crippen molar-refractivity contribution in [3.8, 4) is 0 Å². The van der Waals surface area contributed by atoms with E-state index in [0.29, 0.717) is 6.04 Å². The molecule has 0 spiro atoms. The summed E-state index contributed by atoms with van der Waals surface area (Å²) < 4.78 is 0. The quantitative estimate of drug-likeness (QED) is 0.642. The molecule has 1 fully saturated rings. The minimum atomic E-state index is 0.180. The molecular formula is C12H18N2O. The van der Waals surface area contributed by atoms with Crippen molar-refractivity contribution in [2.45, 2.75) is 18.5 Å². The smallest absolute Gasteiger partial charge is 0.0587 e. The number of aliphatic hydroxyl groups excluding tert-OH is 1. The normalized spacial score (nSPS) is 18.5. The van der Waals surface area contributed by atoms with Gasteiger partial charge in [-0.1, -0.05) is 30.3 Å². The van der Waals surface area contributed by atoms with Crippen molar-refractivity contribution < 1.29 is 5.11 Å². The number of aliphatic hydroxyl groups is 1. The van der Waals surface area contributed by atoms with E-state index in [-0.39, 0.29) is 12.6 Å². The van der Waals surface area contributed by atoms with Gasteiger partial charge in [-0.25, -0.2) is 0 Å². The first kappa shape index (κ1) is 10.6. The Labute approximate surface area is 90.5 Å². The molecule has 1 saturated heterocycles. The van der Waals surface area contributed by atoms with Crippen molar-refractivity contribution in [1.29, 1.82) is 0 Å². The van der Waals surface area contributed by atoms with Gasteiger partial charge in [-0.05, 0) is 12.0 Å². The Balaban J connectivity index is 1.84. The molecule has 2 rings (SSSR count). The molecule has 1 aromatic rings. The number of nitrogens with one attached hydrogen (secondary N) is 2. The van der Waals surface area contributed by atoms with Crippen molar-refractivity contribution in [2.75, 3.05) is 19.7 Å². The second-order valence-electron chi connectivity index (χ2n) is 4.09. The van der Waals surface area contributed by atoms with Crippen LogP contribution in [0.4, 0.5) is 0 Å². The predicted molar refractivity (Wildman–Crippen MR) is 60.8 cm³/mol. The summed E-state index contributed by atoms with van der Waals surface area (Å²) in [7, 11) is 0. The summed E-state index contributed by atoms with van der Waals surface area (Å²) in [6.45, 7) is 2.24. The number of hydrogen-bond donors (Lipinski definition) is 3. The summed E-state index contributed by atoms with van der Waals surface area (Å²) in [5.74, 6) is 0. The molecule has 3 nitrogen and oxygen atoms in total. The highest BCUT2D eigenvalue weighted by molar-refractivity contribution is 5.16. The van der Waals surface area contributed by atoms with Crippen LogP contribution in [-0.4, -0.2) is 36.9 Å². The summed E-state index contributed by atoms with van der Waals surface area (Å²) in [6, 6.07) is 11.0. The van der Waals surface area contributed by atoms with Crippen molar-refractivity contribution >= 4 is 0 Å². The lowest BCUT2D eigenvalue weighted by Gasteiger charge is -2.32. The first-order chi connectivity index (χ1) is 7.38. The van der Waals surface area contributed by atoms with Crippen LogP contribution in [0.25, 0.3) is 0 Å². The Morgan fingerprint density at radius 3 is 2.60 bits per heavy atom.